The highest BCUT2D eigenvalue weighted by molar-refractivity contribution is 6.30. The van der Waals surface area contributed by atoms with E-state index in [0.717, 1.165) is 48.2 Å². The van der Waals surface area contributed by atoms with E-state index < -0.39 is 6.04 Å². The van der Waals surface area contributed by atoms with Crippen molar-refractivity contribution < 1.29 is 18.6 Å². The zero-order chi connectivity index (χ0) is 24.7. The van der Waals surface area contributed by atoms with Crippen LogP contribution in [-0.4, -0.2) is 95.7 Å². The Hall–Kier alpha value is -3.30. The highest BCUT2D eigenvalue weighted by atomic mass is 35.5. The zero-order valence-corrected chi connectivity index (χ0v) is 20.5. The van der Waals surface area contributed by atoms with Gasteiger partial charge in [-0.2, -0.15) is 0 Å². The van der Waals surface area contributed by atoms with Gasteiger partial charge in [0.05, 0.1) is 0 Å². The van der Waals surface area contributed by atoms with E-state index in [2.05, 4.69) is 9.80 Å². The molecule has 5 rings (SSSR count). The zero-order valence-electron chi connectivity index (χ0n) is 19.7. The van der Waals surface area contributed by atoms with Crippen LogP contribution in [-0.2, 0) is 11.3 Å². The highest BCUT2D eigenvalue weighted by Gasteiger charge is 2.53. The van der Waals surface area contributed by atoms with Crippen LogP contribution in [0, 0.1) is 5.82 Å². The Balaban J connectivity index is 1.38. The summed E-state index contributed by atoms with van der Waals surface area (Å²) >= 11 is 6.06. The molecule has 0 bridgehead atoms. The van der Waals surface area contributed by atoms with Gasteiger partial charge in [0.25, 0.3) is 17.8 Å². The first kappa shape index (κ1) is 23.4. The third-order valence-electron chi connectivity index (χ3n) is 6.81. The molecular weight excluding hydrogens is 471 g/mol. The number of anilines is 1. The van der Waals surface area contributed by atoms with Gasteiger partial charge in [0.2, 0.25) is 0 Å². The summed E-state index contributed by atoms with van der Waals surface area (Å²) in [6.45, 7) is 4.24. The summed E-state index contributed by atoms with van der Waals surface area (Å²) < 4.78 is 15.3. The molecule has 182 valence electrons. The molecule has 3 aliphatic heterocycles. The number of nitrogens with zero attached hydrogens (tertiary/aromatic N) is 6. The molecule has 0 aromatic heterocycles. The van der Waals surface area contributed by atoms with Gasteiger partial charge in [-0.3, -0.25) is 19.5 Å². The lowest BCUT2D eigenvalue weighted by molar-refractivity contribution is -0.552. The number of amidine groups is 2. The predicted molar refractivity (Wildman–Crippen MR) is 133 cm³/mol. The lowest BCUT2D eigenvalue weighted by Crippen LogP contribution is -2.61. The van der Waals surface area contributed by atoms with E-state index in [0.29, 0.717) is 23.9 Å². The van der Waals surface area contributed by atoms with E-state index >= 15 is 0 Å². The van der Waals surface area contributed by atoms with Gasteiger partial charge in [0.1, 0.15) is 18.9 Å². The first-order valence-corrected chi connectivity index (χ1v) is 11.9. The number of piperazine rings is 1. The standard InChI is InChI=1S/C25H27ClFN6O2/c1-29-23-22(24(34)30(2)25(29)35)33(15-17-3-5-18(26)6-4-17)21(28-23)16-31-11-13-32(14-12-31)20-9-7-19(27)8-10-20/h3-10,22H,11-16H2,1-2H3/q+1. The van der Waals surface area contributed by atoms with Crippen LogP contribution in [0.5, 0.6) is 0 Å². The number of likely N-dealkylation sites (N-methyl/N-ethyl adjacent to an activating group) is 2. The Morgan fingerprint density at radius 1 is 0.971 bits per heavy atom. The highest BCUT2D eigenvalue weighted by Crippen LogP contribution is 2.23. The van der Waals surface area contributed by atoms with Crippen LogP contribution in [0.2, 0.25) is 5.02 Å². The number of hydrogen-bond donors (Lipinski definition) is 0. The Labute approximate surface area is 208 Å². The Kier molecular flexibility index (Phi) is 6.29. The van der Waals surface area contributed by atoms with Gasteiger partial charge in [-0.1, -0.05) is 23.7 Å². The topological polar surface area (TPSA) is 62.5 Å². The van der Waals surface area contributed by atoms with E-state index in [1.54, 1.807) is 19.2 Å². The molecule has 3 amide bonds. The lowest BCUT2D eigenvalue weighted by atomic mass is 10.1. The predicted octanol–water partition coefficient (Wildman–Crippen LogP) is 2.52. The molecule has 2 saturated heterocycles. The molecule has 3 aliphatic rings. The smallest absolute Gasteiger partial charge is 0.333 e. The number of urea groups is 1. The Morgan fingerprint density at radius 2 is 1.63 bits per heavy atom. The monoisotopic (exact) mass is 497 g/mol. The summed E-state index contributed by atoms with van der Waals surface area (Å²) in [6.07, 6.45) is 0. The summed E-state index contributed by atoms with van der Waals surface area (Å²) in [7, 11) is 3.16. The number of carbonyl (C=O) groups is 2. The molecule has 8 nitrogen and oxygen atoms in total. The molecule has 0 radical (unpaired) electrons. The number of carbonyl (C=O) groups excluding carboxylic acids is 2. The van der Waals surface area contributed by atoms with Crippen molar-refractivity contribution in [3.05, 3.63) is 64.9 Å². The summed E-state index contributed by atoms with van der Waals surface area (Å²) in [5.74, 6) is 0.706. The second kappa shape index (κ2) is 9.39. The number of rotatable bonds is 5. The van der Waals surface area contributed by atoms with Crippen molar-refractivity contribution >= 4 is 40.9 Å². The van der Waals surface area contributed by atoms with Crippen LogP contribution in [0.4, 0.5) is 14.9 Å². The van der Waals surface area contributed by atoms with E-state index in [4.69, 9.17) is 16.6 Å². The maximum absolute atomic E-state index is 13.3. The maximum Gasteiger partial charge on any atom is 0.333 e. The molecule has 3 heterocycles. The van der Waals surface area contributed by atoms with Crippen LogP contribution in [0.1, 0.15) is 5.56 Å². The number of amides is 3. The van der Waals surface area contributed by atoms with Gasteiger partial charge in [-0.15, -0.1) is 0 Å². The molecule has 10 heteroatoms. The second-order valence-electron chi connectivity index (χ2n) is 9.02. The number of hydrogen-bond acceptors (Lipinski definition) is 5. The lowest BCUT2D eigenvalue weighted by Gasteiger charge is -2.35. The van der Waals surface area contributed by atoms with Crippen LogP contribution < -0.4 is 4.90 Å². The first-order chi connectivity index (χ1) is 16.8. The van der Waals surface area contributed by atoms with Gasteiger partial charge < -0.3 is 4.90 Å². The number of imide groups is 1. The quantitative estimate of drug-likeness (QED) is 0.596. The molecule has 2 aromatic carbocycles. The normalized spacial score (nSPS) is 21.1. The Bertz CT molecular complexity index is 1210. The molecule has 2 aromatic rings. The largest absolute Gasteiger partial charge is 0.369 e. The van der Waals surface area contributed by atoms with Crippen molar-refractivity contribution in [2.75, 3.05) is 51.7 Å². The molecule has 2 fully saturated rings. The maximum atomic E-state index is 13.3. The van der Waals surface area contributed by atoms with Gasteiger partial charge >= 0.3 is 11.9 Å². The molecule has 1 unspecified atom stereocenters. The summed E-state index contributed by atoms with van der Waals surface area (Å²) in [5, 5.41) is 0.647. The molecule has 0 N–H and O–H groups in total. The minimum atomic E-state index is -0.645. The minimum Gasteiger partial charge on any atom is -0.369 e. The number of benzene rings is 2. The second-order valence-corrected chi connectivity index (χ2v) is 9.46. The van der Waals surface area contributed by atoms with Gasteiger partial charge in [-0.25, -0.2) is 13.8 Å². The molecular formula is C25H27ClFN6O2+. The van der Waals surface area contributed by atoms with Gasteiger partial charge in [0, 0.05) is 51.0 Å². The summed E-state index contributed by atoms with van der Waals surface area (Å²) in [5.41, 5.74) is 2.00. The first-order valence-electron chi connectivity index (χ1n) is 11.6. The van der Waals surface area contributed by atoms with Crippen molar-refractivity contribution in [1.82, 2.24) is 14.7 Å². The number of aliphatic imine (C=N–C) groups is 1. The van der Waals surface area contributed by atoms with E-state index in [1.807, 2.05) is 28.8 Å². The van der Waals surface area contributed by atoms with Crippen molar-refractivity contribution in [3.8, 4) is 0 Å². The molecule has 35 heavy (non-hydrogen) atoms. The van der Waals surface area contributed by atoms with Crippen molar-refractivity contribution in [1.29, 1.82) is 0 Å². The molecule has 0 spiro atoms. The summed E-state index contributed by atoms with van der Waals surface area (Å²) in [4.78, 5) is 37.6. The van der Waals surface area contributed by atoms with Crippen molar-refractivity contribution in [3.63, 3.8) is 0 Å². The third-order valence-corrected chi connectivity index (χ3v) is 7.06. The molecule has 0 aliphatic carbocycles. The SMILES string of the molecule is CN1C(=O)C2C(=NC(CN3CCN(c4ccc(F)cc4)CC3)=[N+]2Cc2ccc(Cl)cc2)N(C)C1=O. The average Bonchev–Trinajstić information content (AvgIpc) is 3.21. The van der Waals surface area contributed by atoms with Gasteiger partial charge in [-0.05, 0) is 47.0 Å². The summed E-state index contributed by atoms with van der Waals surface area (Å²) in [6, 6.07) is 13.1. The van der Waals surface area contributed by atoms with Crippen molar-refractivity contribution in [2.24, 2.45) is 4.99 Å². The fourth-order valence-corrected chi connectivity index (χ4v) is 4.89. The van der Waals surface area contributed by atoms with Crippen LogP contribution in [0.25, 0.3) is 0 Å². The molecule has 1 atom stereocenters. The third kappa shape index (κ3) is 4.53. The molecule has 0 saturated carbocycles. The fourth-order valence-electron chi connectivity index (χ4n) is 4.76. The fraction of sp³-hybridized carbons (Fsp3) is 0.360. The number of fused-ring (bicyclic) bond motifs is 1. The van der Waals surface area contributed by atoms with E-state index in [-0.39, 0.29) is 17.8 Å². The van der Waals surface area contributed by atoms with Gasteiger partial charge in [0.15, 0.2) is 0 Å². The number of halogens is 2. The van der Waals surface area contributed by atoms with Crippen LogP contribution in [0.3, 0.4) is 0 Å². The van der Waals surface area contributed by atoms with Crippen LogP contribution >= 0.6 is 11.6 Å². The van der Waals surface area contributed by atoms with Crippen LogP contribution in [0.15, 0.2) is 53.5 Å². The Morgan fingerprint density at radius 3 is 2.29 bits per heavy atom. The van der Waals surface area contributed by atoms with Crippen molar-refractivity contribution in [2.45, 2.75) is 12.6 Å². The average molecular weight is 498 g/mol. The van der Waals surface area contributed by atoms with E-state index in [1.165, 1.54) is 24.1 Å². The minimum absolute atomic E-state index is 0.241. The van der Waals surface area contributed by atoms with E-state index in [9.17, 15) is 14.0 Å².